The Morgan fingerprint density at radius 2 is 1.76 bits per heavy atom. The molecule has 0 atom stereocenters. The third kappa shape index (κ3) is 3.98. The van der Waals surface area contributed by atoms with Crippen molar-refractivity contribution in [1.29, 1.82) is 0 Å². The minimum absolute atomic E-state index is 0. The number of carbonyl (C=O) groups excluding carboxylic acids is 1. The zero-order chi connectivity index (χ0) is 19.5. The SMILES string of the molecule is CN(C)CCN(C(=O)C12CC3CC(CC(C3)C1)C2)c1nc2ccc(Br)cc2s1.Cl. The number of hydrogen-bond acceptors (Lipinski definition) is 4. The van der Waals surface area contributed by atoms with Crippen molar-refractivity contribution in [2.24, 2.45) is 23.2 Å². The van der Waals surface area contributed by atoms with Crippen LogP contribution < -0.4 is 4.90 Å². The number of carbonyl (C=O) groups is 1. The summed E-state index contributed by atoms with van der Waals surface area (Å²) in [4.78, 5) is 23.1. The van der Waals surface area contributed by atoms with Crippen LogP contribution in [0.1, 0.15) is 38.5 Å². The van der Waals surface area contributed by atoms with E-state index in [1.165, 1.54) is 19.3 Å². The van der Waals surface area contributed by atoms with Crippen LogP contribution in [0.15, 0.2) is 22.7 Å². The zero-order valence-corrected chi connectivity index (χ0v) is 20.3. The maximum Gasteiger partial charge on any atom is 0.235 e. The molecule has 0 N–H and O–H groups in total. The molecule has 0 spiro atoms. The normalized spacial score (nSPS) is 30.0. The zero-order valence-electron chi connectivity index (χ0n) is 17.1. The fourth-order valence-electron chi connectivity index (χ4n) is 6.24. The van der Waals surface area contributed by atoms with Crippen molar-refractivity contribution in [1.82, 2.24) is 9.88 Å². The second-order valence-corrected chi connectivity index (χ2v) is 11.5. The molecule has 1 amide bonds. The predicted molar refractivity (Wildman–Crippen MR) is 126 cm³/mol. The van der Waals surface area contributed by atoms with E-state index in [0.717, 1.165) is 63.4 Å². The van der Waals surface area contributed by atoms with Gasteiger partial charge in [-0.3, -0.25) is 9.69 Å². The number of nitrogens with zero attached hydrogens (tertiary/aromatic N) is 3. The van der Waals surface area contributed by atoms with Crippen molar-refractivity contribution >= 4 is 60.9 Å². The van der Waals surface area contributed by atoms with Crippen LogP contribution in [0.4, 0.5) is 5.13 Å². The third-order valence-corrected chi connectivity index (χ3v) is 8.61. The molecule has 4 fully saturated rings. The quantitative estimate of drug-likeness (QED) is 0.539. The van der Waals surface area contributed by atoms with Crippen molar-refractivity contribution in [3.05, 3.63) is 22.7 Å². The maximum absolute atomic E-state index is 14.0. The van der Waals surface area contributed by atoms with Gasteiger partial charge < -0.3 is 4.90 Å². The van der Waals surface area contributed by atoms with Gasteiger partial charge in [0.1, 0.15) is 0 Å². The highest BCUT2D eigenvalue weighted by atomic mass is 79.9. The van der Waals surface area contributed by atoms with Crippen molar-refractivity contribution < 1.29 is 4.79 Å². The smallest absolute Gasteiger partial charge is 0.235 e. The third-order valence-electron chi connectivity index (χ3n) is 7.08. The van der Waals surface area contributed by atoms with Crippen LogP contribution in [0.5, 0.6) is 0 Å². The van der Waals surface area contributed by atoms with E-state index >= 15 is 0 Å². The summed E-state index contributed by atoms with van der Waals surface area (Å²) < 4.78 is 2.19. The number of rotatable bonds is 5. The highest BCUT2D eigenvalue weighted by Gasteiger charge is 2.55. The summed E-state index contributed by atoms with van der Waals surface area (Å²) in [7, 11) is 4.14. The number of anilines is 1. The van der Waals surface area contributed by atoms with Gasteiger partial charge in [0.25, 0.3) is 0 Å². The van der Waals surface area contributed by atoms with E-state index in [0.29, 0.717) is 12.5 Å². The molecule has 6 rings (SSSR count). The summed E-state index contributed by atoms with van der Waals surface area (Å²) in [5.74, 6) is 2.68. The van der Waals surface area contributed by atoms with Gasteiger partial charge in [-0.05, 0) is 88.6 Å². The average molecular weight is 499 g/mol. The van der Waals surface area contributed by atoms with Crippen molar-refractivity contribution in [3.8, 4) is 0 Å². The summed E-state index contributed by atoms with van der Waals surface area (Å²) in [6, 6.07) is 6.17. The van der Waals surface area contributed by atoms with E-state index in [9.17, 15) is 4.79 Å². The molecular formula is C22H29BrClN3OS. The van der Waals surface area contributed by atoms with Gasteiger partial charge in [-0.1, -0.05) is 27.3 Å². The Balaban J connectivity index is 0.00000205. The van der Waals surface area contributed by atoms with Gasteiger partial charge >= 0.3 is 0 Å². The van der Waals surface area contributed by atoms with Crippen molar-refractivity contribution in [2.75, 3.05) is 32.1 Å². The van der Waals surface area contributed by atoms with Crippen LogP contribution in [-0.4, -0.2) is 43.0 Å². The standard InChI is InChI=1S/C22H28BrN3OS.ClH/c1-25(2)5-6-26(21-24-18-4-3-17(23)10-19(18)28-21)20(27)22-11-14-7-15(12-22)9-16(8-14)13-22;/h3-4,10,14-16H,5-9,11-13H2,1-2H3;1H. The van der Waals surface area contributed by atoms with E-state index in [1.807, 2.05) is 17.0 Å². The lowest BCUT2D eigenvalue weighted by Crippen LogP contribution is -2.55. The predicted octanol–water partition coefficient (Wildman–Crippen LogP) is 5.59. The largest absolute Gasteiger partial charge is 0.308 e. The van der Waals surface area contributed by atoms with Crippen LogP contribution in [-0.2, 0) is 4.79 Å². The van der Waals surface area contributed by atoms with Crippen LogP contribution >= 0.6 is 39.7 Å². The molecule has 0 radical (unpaired) electrons. The van der Waals surface area contributed by atoms with Gasteiger partial charge in [0.15, 0.2) is 5.13 Å². The van der Waals surface area contributed by atoms with E-state index < -0.39 is 0 Å². The van der Waals surface area contributed by atoms with Gasteiger partial charge in [0.05, 0.1) is 15.6 Å². The highest BCUT2D eigenvalue weighted by Crippen LogP contribution is 2.60. The molecule has 158 valence electrons. The Bertz CT molecular complexity index is 879. The number of hydrogen-bond donors (Lipinski definition) is 0. The fourth-order valence-corrected chi connectivity index (χ4v) is 7.79. The van der Waals surface area contributed by atoms with Crippen LogP contribution in [0.2, 0.25) is 0 Å². The van der Waals surface area contributed by atoms with Gasteiger partial charge in [-0.25, -0.2) is 4.98 Å². The molecule has 4 nitrogen and oxygen atoms in total. The highest BCUT2D eigenvalue weighted by molar-refractivity contribution is 9.10. The molecule has 4 bridgehead atoms. The Morgan fingerprint density at radius 3 is 2.34 bits per heavy atom. The molecule has 29 heavy (non-hydrogen) atoms. The van der Waals surface area contributed by atoms with E-state index in [-0.39, 0.29) is 17.8 Å². The van der Waals surface area contributed by atoms with Crippen LogP contribution in [0, 0.1) is 23.2 Å². The fraction of sp³-hybridized carbons (Fsp3) is 0.636. The molecule has 0 aliphatic heterocycles. The molecule has 4 aliphatic carbocycles. The van der Waals surface area contributed by atoms with Gasteiger partial charge in [-0.2, -0.15) is 0 Å². The lowest BCUT2D eigenvalue weighted by Gasteiger charge is -2.56. The lowest BCUT2D eigenvalue weighted by molar-refractivity contribution is -0.143. The molecular weight excluding hydrogens is 470 g/mol. The number of likely N-dealkylation sites (N-methyl/N-ethyl adjacent to an activating group) is 1. The summed E-state index contributed by atoms with van der Waals surface area (Å²) in [6.07, 6.45) is 7.39. The van der Waals surface area contributed by atoms with E-state index in [1.54, 1.807) is 11.3 Å². The molecule has 4 aliphatic rings. The van der Waals surface area contributed by atoms with Crippen LogP contribution in [0.3, 0.4) is 0 Å². The van der Waals surface area contributed by atoms with Gasteiger partial charge in [0, 0.05) is 17.6 Å². The second kappa shape index (κ2) is 8.10. The summed E-state index contributed by atoms with van der Waals surface area (Å²) >= 11 is 5.21. The number of amides is 1. The summed E-state index contributed by atoms with van der Waals surface area (Å²) in [5, 5.41) is 0.871. The molecule has 0 unspecified atom stereocenters. The first kappa shape index (κ1) is 21.5. The second-order valence-electron chi connectivity index (χ2n) is 9.57. The maximum atomic E-state index is 14.0. The first-order valence-electron chi connectivity index (χ1n) is 10.4. The first-order valence-corrected chi connectivity index (χ1v) is 12.1. The molecule has 7 heteroatoms. The average Bonchev–Trinajstić information content (AvgIpc) is 3.03. The molecule has 1 aromatic carbocycles. The summed E-state index contributed by atoms with van der Waals surface area (Å²) in [6.45, 7) is 1.58. The molecule has 2 aromatic rings. The Labute approximate surface area is 191 Å². The number of fused-ring (bicyclic) bond motifs is 1. The van der Waals surface area contributed by atoms with E-state index in [4.69, 9.17) is 4.98 Å². The summed E-state index contributed by atoms with van der Waals surface area (Å²) in [5.41, 5.74) is 0.857. The van der Waals surface area contributed by atoms with Gasteiger partial charge in [0.2, 0.25) is 5.91 Å². The van der Waals surface area contributed by atoms with Crippen molar-refractivity contribution in [3.63, 3.8) is 0 Å². The minimum Gasteiger partial charge on any atom is -0.308 e. The number of aromatic nitrogens is 1. The topological polar surface area (TPSA) is 36.4 Å². The molecule has 1 heterocycles. The van der Waals surface area contributed by atoms with Gasteiger partial charge in [-0.15, -0.1) is 12.4 Å². The molecule has 1 aromatic heterocycles. The number of benzene rings is 1. The Kier molecular flexibility index (Phi) is 6.02. The number of thiazole rings is 1. The molecule has 0 saturated heterocycles. The minimum atomic E-state index is -0.125. The van der Waals surface area contributed by atoms with E-state index in [2.05, 4.69) is 41.0 Å². The van der Waals surface area contributed by atoms with Crippen LogP contribution in [0.25, 0.3) is 10.2 Å². The monoisotopic (exact) mass is 497 g/mol. The Hall–Kier alpha value is -0.690. The first-order chi connectivity index (χ1) is 13.4. The number of halogens is 2. The lowest BCUT2D eigenvalue weighted by atomic mass is 9.49. The van der Waals surface area contributed by atoms with Crippen molar-refractivity contribution in [2.45, 2.75) is 38.5 Å². The molecule has 4 saturated carbocycles. The Morgan fingerprint density at radius 1 is 1.14 bits per heavy atom.